The van der Waals surface area contributed by atoms with Crippen molar-refractivity contribution in [1.82, 2.24) is 5.32 Å². The maximum absolute atomic E-state index is 12.7. The number of hydrogen-bond acceptors (Lipinski definition) is 3. The van der Waals surface area contributed by atoms with Gasteiger partial charge in [-0.2, -0.15) is 0 Å². The van der Waals surface area contributed by atoms with Crippen LogP contribution in [0.3, 0.4) is 0 Å². The molecule has 0 bridgehead atoms. The third kappa shape index (κ3) is 4.21. The van der Waals surface area contributed by atoms with Crippen LogP contribution in [0.5, 0.6) is 0 Å². The Labute approximate surface area is 165 Å². The Morgan fingerprint density at radius 1 is 0.786 bits per heavy atom. The Morgan fingerprint density at radius 2 is 1.36 bits per heavy atom. The lowest BCUT2D eigenvalue weighted by atomic mass is 9.92. The molecule has 3 nitrogen and oxygen atoms in total. The van der Waals surface area contributed by atoms with E-state index in [1.54, 1.807) is 0 Å². The first-order valence-electron chi connectivity index (χ1n) is 9.59. The van der Waals surface area contributed by atoms with E-state index in [0.717, 1.165) is 16.7 Å². The molecule has 1 N–H and O–H groups in total. The first-order valence-corrected chi connectivity index (χ1v) is 9.59. The summed E-state index contributed by atoms with van der Waals surface area (Å²) >= 11 is 0. The molecule has 28 heavy (non-hydrogen) atoms. The highest BCUT2D eigenvalue weighted by atomic mass is 16.5. The van der Waals surface area contributed by atoms with Crippen molar-refractivity contribution in [3.05, 3.63) is 114 Å². The molecule has 4 rings (SSSR count). The van der Waals surface area contributed by atoms with Crippen molar-refractivity contribution < 1.29 is 9.53 Å². The Morgan fingerprint density at radius 3 is 2.00 bits per heavy atom. The number of esters is 1. The molecule has 3 unspecified atom stereocenters. The van der Waals surface area contributed by atoms with Gasteiger partial charge in [-0.05, 0) is 23.1 Å². The second kappa shape index (κ2) is 8.68. The minimum Gasteiger partial charge on any atom is -0.454 e. The monoisotopic (exact) mass is 369 g/mol. The van der Waals surface area contributed by atoms with Crippen molar-refractivity contribution in [2.75, 3.05) is 0 Å². The fraction of sp³-hybridized carbons (Fsp3) is 0.160. The largest absolute Gasteiger partial charge is 0.454 e. The van der Waals surface area contributed by atoms with Gasteiger partial charge in [0, 0.05) is 0 Å². The quantitative estimate of drug-likeness (QED) is 0.637. The van der Waals surface area contributed by atoms with Gasteiger partial charge >= 0.3 is 5.97 Å². The Balaban J connectivity index is 1.55. The lowest BCUT2D eigenvalue weighted by Gasteiger charge is -2.37. The van der Waals surface area contributed by atoms with E-state index in [2.05, 4.69) is 17.4 Å². The standard InChI is InChI=1S/C25H23NO2/c27-25-22(18-10-13-19-11-4-1-5-12-19)26-23(20-14-6-2-7-15-20)24(28-25)21-16-8-3-9-17-21/h1-17,22-24,26H,18H2/b13-10+. The Kier molecular flexibility index (Phi) is 5.64. The number of rotatable bonds is 5. The minimum atomic E-state index is -0.370. The number of cyclic esters (lactones) is 1. The predicted octanol–water partition coefficient (Wildman–Crippen LogP) is 5.09. The second-order valence-corrected chi connectivity index (χ2v) is 6.92. The summed E-state index contributed by atoms with van der Waals surface area (Å²) in [6.45, 7) is 0. The van der Waals surface area contributed by atoms with Crippen LogP contribution in [0.25, 0.3) is 6.08 Å². The maximum atomic E-state index is 12.7. The summed E-state index contributed by atoms with van der Waals surface area (Å²) in [6, 6.07) is 29.7. The Bertz CT molecular complexity index is 923. The molecule has 1 aliphatic heterocycles. The fourth-order valence-electron chi connectivity index (χ4n) is 3.55. The van der Waals surface area contributed by atoms with Crippen molar-refractivity contribution in [1.29, 1.82) is 0 Å². The molecular formula is C25H23NO2. The highest BCUT2D eigenvalue weighted by Gasteiger charge is 2.38. The molecule has 3 aromatic carbocycles. The molecule has 1 fully saturated rings. The van der Waals surface area contributed by atoms with Gasteiger partial charge in [0.15, 0.2) is 0 Å². The summed E-state index contributed by atoms with van der Waals surface area (Å²) < 4.78 is 5.92. The van der Waals surface area contributed by atoms with E-state index in [1.807, 2.05) is 91.0 Å². The number of carbonyl (C=O) groups excluding carboxylic acids is 1. The van der Waals surface area contributed by atoms with Gasteiger partial charge in [0.2, 0.25) is 0 Å². The summed E-state index contributed by atoms with van der Waals surface area (Å²) in [5.74, 6) is -0.209. The average Bonchev–Trinajstić information content (AvgIpc) is 2.76. The van der Waals surface area contributed by atoms with E-state index in [-0.39, 0.29) is 24.2 Å². The van der Waals surface area contributed by atoms with E-state index < -0.39 is 0 Å². The van der Waals surface area contributed by atoms with Crippen molar-refractivity contribution in [2.45, 2.75) is 24.6 Å². The highest BCUT2D eigenvalue weighted by molar-refractivity contribution is 5.77. The van der Waals surface area contributed by atoms with Crippen LogP contribution in [0.2, 0.25) is 0 Å². The molecule has 3 heteroatoms. The second-order valence-electron chi connectivity index (χ2n) is 6.92. The smallest absolute Gasteiger partial charge is 0.324 e. The normalized spacial score (nSPS) is 22.1. The molecule has 0 saturated carbocycles. The van der Waals surface area contributed by atoms with Crippen LogP contribution in [0.1, 0.15) is 35.3 Å². The van der Waals surface area contributed by atoms with Crippen LogP contribution in [0, 0.1) is 0 Å². The van der Waals surface area contributed by atoms with Gasteiger partial charge < -0.3 is 4.74 Å². The van der Waals surface area contributed by atoms with Crippen molar-refractivity contribution >= 4 is 12.0 Å². The zero-order valence-electron chi connectivity index (χ0n) is 15.6. The molecule has 0 aromatic heterocycles. The molecule has 0 radical (unpaired) electrons. The lowest BCUT2D eigenvalue weighted by Crippen LogP contribution is -2.48. The molecule has 140 valence electrons. The van der Waals surface area contributed by atoms with Crippen molar-refractivity contribution in [3.63, 3.8) is 0 Å². The zero-order chi connectivity index (χ0) is 19.2. The summed E-state index contributed by atoms with van der Waals surface area (Å²) in [4.78, 5) is 12.7. The van der Waals surface area contributed by atoms with Gasteiger partial charge in [0.25, 0.3) is 0 Å². The highest BCUT2D eigenvalue weighted by Crippen LogP contribution is 2.36. The summed E-state index contributed by atoms with van der Waals surface area (Å²) in [6.07, 6.45) is 4.30. The van der Waals surface area contributed by atoms with Gasteiger partial charge in [0.05, 0.1) is 6.04 Å². The van der Waals surface area contributed by atoms with Crippen LogP contribution >= 0.6 is 0 Å². The summed E-state index contributed by atoms with van der Waals surface area (Å²) in [5.41, 5.74) is 3.23. The van der Waals surface area contributed by atoms with Crippen LogP contribution in [-0.2, 0) is 9.53 Å². The molecule has 0 spiro atoms. The van der Waals surface area contributed by atoms with Gasteiger partial charge in [-0.15, -0.1) is 0 Å². The first kappa shape index (κ1) is 18.2. The minimum absolute atomic E-state index is 0.0866. The van der Waals surface area contributed by atoms with Crippen LogP contribution in [0.15, 0.2) is 97.1 Å². The average molecular weight is 369 g/mol. The van der Waals surface area contributed by atoms with Crippen LogP contribution in [0.4, 0.5) is 0 Å². The predicted molar refractivity (Wildman–Crippen MR) is 111 cm³/mol. The van der Waals surface area contributed by atoms with Gasteiger partial charge in [-0.3, -0.25) is 10.1 Å². The van der Waals surface area contributed by atoms with E-state index in [0.29, 0.717) is 6.42 Å². The zero-order valence-corrected chi connectivity index (χ0v) is 15.6. The van der Waals surface area contributed by atoms with Gasteiger partial charge in [0.1, 0.15) is 12.1 Å². The fourth-order valence-corrected chi connectivity index (χ4v) is 3.55. The molecule has 1 heterocycles. The van der Waals surface area contributed by atoms with E-state index in [9.17, 15) is 4.79 Å². The van der Waals surface area contributed by atoms with E-state index >= 15 is 0 Å². The van der Waals surface area contributed by atoms with Gasteiger partial charge in [-0.25, -0.2) is 0 Å². The number of ether oxygens (including phenoxy) is 1. The third-order valence-corrected chi connectivity index (χ3v) is 4.98. The summed E-state index contributed by atoms with van der Waals surface area (Å²) in [5, 5.41) is 3.53. The molecule has 3 atom stereocenters. The van der Waals surface area contributed by atoms with Crippen LogP contribution < -0.4 is 5.32 Å². The molecule has 1 aliphatic rings. The molecule has 1 saturated heterocycles. The number of morpholine rings is 1. The van der Waals surface area contributed by atoms with Crippen molar-refractivity contribution in [2.24, 2.45) is 0 Å². The van der Waals surface area contributed by atoms with Crippen LogP contribution in [-0.4, -0.2) is 12.0 Å². The summed E-state index contributed by atoms with van der Waals surface area (Å²) in [7, 11) is 0. The molecule has 0 amide bonds. The number of nitrogens with one attached hydrogen (secondary N) is 1. The molecule has 3 aromatic rings. The molecule has 0 aliphatic carbocycles. The third-order valence-electron chi connectivity index (χ3n) is 4.98. The van der Waals surface area contributed by atoms with E-state index in [4.69, 9.17) is 4.74 Å². The number of hydrogen-bond donors (Lipinski definition) is 1. The topological polar surface area (TPSA) is 38.3 Å². The van der Waals surface area contributed by atoms with Crippen molar-refractivity contribution in [3.8, 4) is 0 Å². The number of carbonyl (C=O) groups is 1. The lowest BCUT2D eigenvalue weighted by molar-refractivity contribution is -0.160. The number of benzene rings is 3. The Hall–Kier alpha value is -3.17. The van der Waals surface area contributed by atoms with Gasteiger partial charge in [-0.1, -0.05) is 103 Å². The van der Waals surface area contributed by atoms with E-state index in [1.165, 1.54) is 0 Å². The molecular weight excluding hydrogens is 346 g/mol. The first-order chi connectivity index (χ1) is 13.8. The maximum Gasteiger partial charge on any atom is 0.324 e. The SMILES string of the molecule is O=C1OC(c2ccccc2)C(c2ccccc2)NC1C/C=C/c1ccccc1.